The Labute approximate surface area is 150 Å². The van der Waals surface area contributed by atoms with Crippen LogP contribution >= 0.6 is 0 Å². The van der Waals surface area contributed by atoms with Crippen molar-refractivity contribution in [2.45, 2.75) is 32.2 Å². The zero-order valence-corrected chi connectivity index (χ0v) is 15.7. The van der Waals surface area contributed by atoms with E-state index in [9.17, 15) is 13.2 Å². The minimum Gasteiger partial charge on any atom is -0.289 e. The second-order valence-electron chi connectivity index (χ2n) is 6.19. The first-order chi connectivity index (χ1) is 11.7. The van der Waals surface area contributed by atoms with Crippen LogP contribution in [0.15, 0.2) is 42.7 Å². The van der Waals surface area contributed by atoms with Gasteiger partial charge in [0.2, 0.25) is 22.7 Å². The lowest BCUT2D eigenvalue weighted by Gasteiger charge is -2.25. The molecule has 1 atom stereocenters. The van der Waals surface area contributed by atoms with Crippen molar-refractivity contribution in [3.8, 4) is 0 Å². The first-order valence-electron chi connectivity index (χ1n) is 8.07. The molecule has 0 saturated heterocycles. The van der Waals surface area contributed by atoms with Crippen LogP contribution in [0, 0.1) is 6.92 Å². The SMILES string of the molecule is BN(B(C)Cc1ccccc1)S(=O)(=O)C(C)C(=O)c1ncc(C)cn1. The normalized spacial score (nSPS) is 12.8. The number of nitrogens with zero attached hydrogens (tertiary/aromatic N) is 3. The fourth-order valence-corrected chi connectivity index (χ4v) is 3.87. The zero-order chi connectivity index (χ0) is 18.6. The standard InChI is InChI=1S/C16H21B2N3O3S/c1-12-10-19-16(20-11-12)15(22)13(2)25(23,24)21(17)18(3)9-14-7-5-4-6-8-14/h4-8,10-11,13H,9,17H2,1-3H3. The molecule has 0 radical (unpaired) electrons. The molecule has 0 amide bonds. The minimum atomic E-state index is -3.81. The monoisotopic (exact) mass is 357 g/mol. The number of carbonyl (C=O) groups excluding carboxylic acids is 1. The maximum Gasteiger partial charge on any atom is 0.228 e. The lowest BCUT2D eigenvalue weighted by molar-refractivity contribution is 0.0981. The first-order valence-corrected chi connectivity index (χ1v) is 9.57. The highest BCUT2D eigenvalue weighted by molar-refractivity contribution is 7.92. The molecule has 2 aromatic rings. The minimum absolute atomic E-state index is 0.0780. The van der Waals surface area contributed by atoms with E-state index in [-0.39, 0.29) is 12.7 Å². The van der Waals surface area contributed by atoms with Gasteiger partial charge >= 0.3 is 0 Å². The molecule has 0 aliphatic heterocycles. The van der Waals surface area contributed by atoms with Crippen molar-refractivity contribution in [2.75, 3.05) is 0 Å². The second-order valence-corrected chi connectivity index (χ2v) is 8.50. The van der Waals surface area contributed by atoms with Crippen LogP contribution in [0.4, 0.5) is 0 Å². The summed E-state index contributed by atoms with van der Waals surface area (Å²) in [5, 5.41) is -1.24. The van der Waals surface area contributed by atoms with Crippen molar-refractivity contribution in [1.82, 2.24) is 14.1 Å². The lowest BCUT2D eigenvalue weighted by atomic mass is 9.58. The Bertz CT molecular complexity index is 829. The van der Waals surface area contributed by atoms with E-state index in [1.807, 2.05) is 37.2 Å². The van der Waals surface area contributed by atoms with Crippen LogP contribution in [0.25, 0.3) is 0 Å². The van der Waals surface area contributed by atoms with Crippen LogP contribution in [-0.2, 0) is 16.3 Å². The number of aromatic nitrogens is 2. The van der Waals surface area contributed by atoms with Crippen LogP contribution in [0.2, 0.25) is 6.82 Å². The van der Waals surface area contributed by atoms with Crippen molar-refractivity contribution >= 4 is 30.6 Å². The molecular weight excluding hydrogens is 336 g/mol. The van der Waals surface area contributed by atoms with Crippen molar-refractivity contribution in [2.24, 2.45) is 0 Å². The average Bonchev–Trinajstić information content (AvgIpc) is 2.61. The van der Waals surface area contributed by atoms with Crippen molar-refractivity contribution in [3.05, 3.63) is 59.7 Å². The molecule has 1 aromatic carbocycles. The molecule has 0 spiro atoms. The molecule has 1 heterocycles. The number of sulfonamides is 1. The summed E-state index contributed by atoms with van der Waals surface area (Å²) >= 11 is 0. The predicted molar refractivity (Wildman–Crippen MR) is 102 cm³/mol. The number of Topliss-reactive ketones (excluding diaryl/α,β-unsaturated/α-hetero) is 1. The van der Waals surface area contributed by atoms with E-state index in [0.29, 0.717) is 6.32 Å². The lowest BCUT2D eigenvalue weighted by Crippen LogP contribution is -2.47. The molecule has 0 fully saturated rings. The molecule has 0 saturated carbocycles. The Morgan fingerprint density at radius 2 is 1.80 bits per heavy atom. The van der Waals surface area contributed by atoms with Gasteiger partial charge in [-0.2, -0.15) is 0 Å². The molecule has 0 aliphatic rings. The maximum absolute atomic E-state index is 12.8. The van der Waals surface area contributed by atoms with Gasteiger partial charge in [0.25, 0.3) is 0 Å². The molecule has 0 aliphatic carbocycles. The predicted octanol–water partition coefficient (Wildman–Crippen LogP) is 0.939. The van der Waals surface area contributed by atoms with Crippen molar-refractivity contribution in [3.63, 3.8) is 0 Å². The van der Waals surface area contributed by atoms with Crippen LogP contribution < -0.4 is 0 Å². The third kappa shape index (κ3) is 4.55. The van der Waals surface area contributed by atoms with Crippen LogP contribution in [-0.4, -0.2) is 48.4 Å². The molecule has 0 N–H and O–H groups in total. The second kappa shape index (κ2) is 7.93. The summed E-state index contributed by atoms with van der Waals surface area (Å²) in [6, 6.07) is 9.64. The first kappa shape index (κ1) is 19.3. The van der Waals surface area contributed by atoms with E-state index in [0.717, 1.165) is 11.1 Å². The zero-order valence-electron chi connectivity index (χ0n) is 14.9. The topological polar surface area (TPSA) is 80.2 Å². The molecule has 1 aromatic heterocycles. The van der Waals surface area contributed by atoms with E-state index in [1.54, 1.807) is 6.92 Å². The number of benzene rings is 1. The summed E-state index contributed by atoms with van der Waals surface area (Å²) in [7, 11) is -2.31. The van der Waals surface area contributed by atoms with Crippen LogP contribution in [0.3, 0.4) is 0 Å². The third-order valence-corrected chi connectivity index (χ3v) is 6.48. The summed E-state index contributed by atoms with van der Waals surface area (Å²) in [5.41, 5.74) is 1.85. The Hall–Kier alpha value is -1.99. The Balaban J connectivity index is 2.15. The molecule has 9 heteroatoms. The van der Waals surface area contributed by atoms with Gasteiger partial charge in [0.05, 0.1) is 0 Å². The summed E-state index contributed by atoms with van der Waals surface area (Å²) in [6.07, 6.45) is 3.57. The highest BCUT2D eigenvalue weighted by atomic mass is 32.2. The third-order valence-electron chi connectivity index (χ3n) is 4.21. The van der Waals surface area contributed by atoms with Gasteiger partial charge in [-0.05, 0) is 25.7 Å². The number of hydrogen-bond acceptors (Lipinski definition) is 5. The van der Waals surface area contributed by atoms with Crippen LogP contribution in [0.5, 0.6) is 0 Å². The van der Waals surface area contributed by atoms with E-state index < -0.39 is 21.1 Å². The molecule has 2 rings (SSSR count). The summed E-state index contributed by atoms with van der Waals surface area (Å²) in [6.45, 7) is 4.73. The molecule has 0 bridgehead atoms. The molecule has 6 nitrogen and oxygen atoms in total. The van der Waals surface area contributed by atoms with Gasteiger partial charge in [0.1, 0.15) is 5.25 Å². The fraction of sp³-hybridized carbons (Fsp3) is 0.312. The highest BCUT2D eigenvalue weighted by Crippen LogP contribution is 2.15. The van der Waals surface area contributed by atoms with E-state index in [2.05, 4.69) is 9.97 Å². The summed E-state index contributed by atoms with van der Waals surface area (Å²) < 4.78 is 26.8. The Kier molecular flexibility index (Phi) is 6.13. The van der Waals surface area contributed by atoms with Crippen LogP contribution in [0.1, 0.15) is 28.7 Å². The number of hydrogen-bond donors (Lipinski definition) is 0. The quantitative estimate of drug-likeness (QED) is 0.544. The van der Waals surface area contributed by atoms with Crippen molar-refractivity contribution < 1.29 is 13.2 Å². The van der Waals surface area contributed by atoms with E-state index >= 15 is 0 Å². The summed E-state index contributed by atoms with van der Waals surface area (Å²) in [5.74, 6) is -0.676. The molecular formula is C16H21B2N3O3S. The fourth-order valence-electron chi connectivity index (χ4n) is 2.42. The van der Waals surface area contributed by atoms with Gasteiger partial charge in [-0.25, -0.2) is 18.4 Å². The Morgan fingerprint density at radius 1 is 1.24 bits per heavy atom. The maximum atomic E-state index is 12.8. The number of rotatable bonds is 7. The molecule has 1 unspecified atom stereocenters. The van der Waals surface area contributed by atoms with Gasteiger partial charge in [0, 0.05) is 12.4 Å². The molecule has 25 heavy (non-hydrogen) atoms. The largest absolute Gasteiger partial charge is 0.289 e. The van der Waals surface area contributed by atoms with Gasteiger partial charge in [-0.3, -0.25) is 8.92 Å². The number of aryl methyl sites for hydroxylation is 1. The average molecular weight is 357 g/mol. The smallest absolute Gasteiger partial charge is 0.228 e. The molecule has 130 valence electrons. The van der Waals surface area contributed by atoms with E-state index in [1.165, 1.54) is 31.4 Å². The van der Waals surface area contributed by atoms with Gasteiger partial charge < -0.3 is 0 Å². The van der Waals surface area contributed by atoms with E-state index in [4.69, 9.17) is 0 Å². The number of ketones is 1. The van der Waals surface area contributed by atoms with Gasteiger partial charge in [0.15, 0.2) is 13.8 Å². The van der Waals surface area contributed by atoms with Gasteiger partial charge in [-0.1, -0.05) is 42.7 Å². The van der Waals surface area contributed by atoms with Crippen molar-refractivity contribution in [1.29, 1.82) is 0 Å². The van der Waals surface area contributed by atoms with Gasteiger partial charge in [-0.15, -0.1) is 0 Å². The number of carbonyl (C=O) groups is 1. The Morgan fingerprint density at radius 3 is 2.36 bits per heavy atom. The summed E-state index contributed by atoms with van der Waals surface area (Å²) in [4.78, 5) is 20.3. The highest BCUT2D eigenvalue weighted by Gasteiger charge is 2.36.